The summed E-state index contributed by atoms with van der Waals surface area (Å²) in [7, 11) is 0. The van der Waals surface area contributed by atoms with Crippen molar-refractivity contribution in [3.63, 3.8) is 0 Å². The second-order valence-electron chi connectivity index (χ2n) is 7.79. The third-order valence-corrected chi connectivity index (χ3v) is 4.35. The van der Waals surface area contributed by atoms with E-state index >= 15 is 0 Å². The van der Waals surface area contributed by atoms with Crippen LogP contribution in [0.1, 0.15) is 52.9 Å². The molecule has 8 N–H and O–H groups in total. The number of carbonyl (C=O) groups excluding carboxylic acids is 3. The maximum absolute atomic E-state index is 12.7. The lowest BCUT2D eigenvalue weighted by molar-refractivity contribution is -0.142. The quantitative estimate of drug-likeness (QED) is 0.152. The Morgan fingerprint density at radius 2 is 1.12 bits per heavy atom. The molecule has 0 saturated heterocycles. The summed E-state index contributed by atoms with van der Waals surface area (Å²) in [5, 5.41) is 33.5. The standard InChI is InChI=1S/C19H32N4O9/c1-9(2)8-11(20)16(28)22-13(5-7-15(26)27)18(30)23-12(4-6-14(24)25)17(29)21-10(3)19(31)32/h9-13H,4-8,20H2,1-3H3,(H,21,29)(H,22,28)(H,23,30)(H,24,25)(H,26,27)(H,31,32). The molecule has 4 unspecified atom stereocenters. The molecule has 0 aromatic carbocycles. The Balaban J connectivity index is 5.46. The molecule has 0 aromatic rings. The van der Waals surface area contributed by atoms with E-state index in [0.29, 0.717) is 6.42 Å². The van der Waals surface area contributed by atoms with Crippen LogP contribution in [0.3, 0.4) is 0 Å². The molecule has 13 heteroatoms. The molecule has 0 radical (unpaired) electrons. The van der Waals surface area contributed by atoms with Crippen LogP contribution < -0.4 is 21.7 Å². The Hall–Kier alpha value is -3.22. The van der Waals surface area contributed by atoms with E-state index in [1.165, 1.54) is 6.92 Å². The van der Waals surface area contributed by atoms with Crippen molar-refractivity contribution in [3.8, 4) is 0 Å². The monoisotopic (exact) mass is 460 g/mol. The maximum Gasteiger partial charge on any atom is 0.325 e. The number of rotatable bonds is 15. The third-order valence-electron chi connectivity index (χ3n) is 4.35. The Morgan fingerprint density at radius 3 is 1.50 bits per heavy atom. The van der Waals surface area contributed by atoms with Gasteiger partial charge in [-0.25, -0.2) is 0 Å². The van der Waals surface area contributed by atoms with Gasteiger partial charge in [0.1, 0.15) is 18.1 Å². The van der Waals surface area contributed by atoms with Gasteiger partial charge in [-0.15, -0.1) is 0 Å². The van der Waals surface area contributed by atoms with Gasteiger partial charge in [0.05, 0.1) is 6.04 Å². The predicted molar refractivity (Wildman–Crippen MR) is 110 cm³/mol. The smallest absolute Gasteiger partial charge is 0.325 e. The molecule has 0 rings (SSSR count). The highest BCUT2D eigenvalue weighted by Crippen LogP contribution is 2.06. The minimum Gasteiger partial charge on any atom is -0.481 e. The van der Waals surface area contributed by atoms with Gasteiger partial charge in [0.15, 0.2) is 0 Å². The fraction of sp³-hybridized carbons (Fsp3) is 0.684. The lowest BCUT2D eigenvalue weighted by atomic mass is 10.0. The number of hydrogen-bond donors (Lipinski definition) is 7. The first kappa shape index (κ1) is 28.8. The molecule has 0 heterocycles. The normalized spacial score (nSPS) is 14.5. The number of carboxylic acid groups (broad SMARTS) is 3. The summed E-state index contributed by atoms with van der Waals surface area (Å²) in [6, 6.07) is -5.02. The van der Waals surface area contributed by atoms with E-state index < -0.39 is 72.6 Å². The van der Waals surface area contributed by atoms with E-state index in [2.05, 4.69) is 16.0 Å². The zero-order chi connectivity index (χ0) is 25.0. The van der Waals surface area contributed by atoms with Crippen molar-refractivity contribution in [1.29, 1.82) is 0 Å². The van der Waals surface area contributed by atoms with Crippen LogP contribution >= 0.6 is 0 Å². The second-order valence-corrected chi connectivity index (χ2v) is 7.79. The molecule has 0 aromatic heterocycles. The lowest BCUT2D eigenvalue weighted by Crippen LogP contribution is -2.57. The van der Waals surface area contributed by atoms with Crippen LogP contribution in [0.5, 0.6) is 0 Å². The minimum atomic E-state index is -1.42. The molecular formula is C19H32N4O9. The zero-order valence-corrected chi connectivity index (χ0v) is 18.3. The Morgan fingerprint density at radius 1 is 0.719 bits per heavy atom. The molecule has 0 aliphatic rings. The average molecular weight is 460 g/mol. The van der Waals surface area contributed by atoms with Crippen LogP contribution in [0, 0.1) is 5.92 Å². The fourth-order valence-electron chi connectivity index (χ4n) is 2.61. The van der Waals surface area contributed by atoms with Gasteiger partial charge in [-0.2, -0.15) is 0 Å². The fourth-order valence-corrected chi connectivity index (χ4v) is 2.61. The minimum absolute atomic E-state index is 0.0855. The molecule has 0 aliphatic carbocycles. The SMILES string of the molecule is CC(C)CC(N)C(=O)NC(CCC(=O)O)C(=O)NC(CCC(=O)O)C(=O)NC(C)C(=O)O. The first-order valence-electron chi connectivity index (χ1n) is 10.1. The van der Waals surface area contributed by atoms with Gasteiger partial charge < -0.3 is 37.0 Å². The molecule has 32 heavy (non-hydrogen) atoms. The topological polar surface area (TPSA) is 225 Å². The van der Waals surface area contributed by atoms with Crippen molar-refractivity contribution in [3.05, 3.63) is 0 Å². The van der Waals surface area contributed by atoms with Gasteiger partial charge in [0, 0.05) is 12.8 Å². The van der Waals surface area contributed by atoms with Crippen LogP contribution in [-0.2, 0) is 28.8 Å². The van der Waals surface area contributed by atoms with Crippen molar-refractivity contribution in [1.82, 2.24) is 16.0 Å². The highest BCUT2D eigenvalue weighted by molar-refractivity contribution is 5.94. The maximum atomic E-state index is 12.7. The summed E-state index contributed by atoms with van der Waals surface area (Å²) in [5.74, 6) is -6.28. The average Bonchev–Trinajstić information content (AvgIpc) is 2.66. The first-order valence-corrected chi connectivity index (χ1v) is 10.1. The van der Waals surface area contributed by atoms with Crippen LogP contribution in [0.4, 0.5) is 0 Å². The van der Waals surface area contributed by atoms with Crippen molar-refractivity contribution < 1.29 is 44.1 Å². The number of aliphatic carboxylic acids is 3. The molecule has 0 saturated carbocycles. The molecule has 0 spiro atoms. The molecule has 0 bridgehead atoms. The van der Waals surface area contributed by atoms with Crippen LogP contribution in [-0.4, -0.2) is 75.1 Å². The summed E-state index contributed by atoms with van der Waals surface area (Å²) >= 11 is 0. The van der Waals surface area contributed by atoms with E-state index in [1.807, 2.05) is 13.8 Å². The lowest BCUT2D eigenvalue weighted by Gasteiger charge is -2.24. The van der Waals surface area contributed by atoms with E-state index in [0.717, 1.165) is 0 Å². The van der Waals surface area contributed by atoms with E-state index in [4.69, 9.17) is 21.1 Å². The van der Waals surface area contributed by atoms with E-state index in [9.17, 15) is 28.8 Å². The molecule has 0 fully saturated rings. The van der Waals surface area contributed by atoms with Crippen molar-refractivity contribution in [2.75, 3.05) is 0 Å². The third kappa shape index (κ3) is 11.8. The van der Waals surface area contributed by atoms with Crippen molar-refractivity contribution >= 4 is 35.6 Å². The predicted octanol–water partition coefficient (Wildman–Crippen LogP) is -1.35. The van der Waals surface area contributed by atoms with Crippen LogP contribution in [0.15, 0.2) is 0 Å². The number of nitrogens with one attached hydrogen (secondary N) is 3. The zero-order valence-electron chi connectivity index (χ0n) is 18.3. The summed E-state index contributed by atoms with van der Waals surface area (Å²) in [5.41, 5.74) is 5.79. The van der Waals surface area contributed by atoms with Gasteiger partial charge in [-0.3, -0.25) is 28.8 Å². The highest BCUT2D eigenvalue weighted by atomic mass is 16.4. The van der Waals surface area contributed by atoms with Crippen molar-refractivity contribution in [2.24, 2.45) is 11.7 Å². The number of amides is 3. The number of hydrogen-bond acceptors (Lipinski definition) is 7. The number of carboxylic acids is 3. The van der Waals surface area contributed by atoms with Crippen molar-refractivity contribution in [2.45, 2.75) is 77.0 Å². The largest absolute Gasteiger partial charge is 0.481 e. The summed E-state index contributed by atoms with van der Waals surface area (Å²) in [6.45, 7) is 4.86. The molecule has 182 valence electrons. The Labute approximate surface area is 185 Å². The van der Waals surface area contributed by atoms with E-state index in [1.54, 1.807) is 0 Å². The molecule has 0 aliphatic heterocycles. The molecule has 3 amide bonds. The number of carbonyl (C=O) groups is 6. The Kier molecular flexibility index (Phi) is 12.6. The van der Waals surface area contributed by atoms with Gasteiger partial charge in [0.25, 0.3) is 0 Å². The van der Waals surface area contributed by atoms with Gasteiger partial charge >= 0.3 is 17.9 Å². The molecule has 13 nitrogen and oxygen atoms in total. The van der Waals surface area contributed by atoms with E-state index in [-0.39, 0.29) is 18.8 Å². The summed E-state index contributed by atoms with van der Waals surface area (Å²) in [4.78, 5) is 70.2. The summed E-state index contributed by atoms with van der Waals surface area (Å²) < 4.78 is 0. The van der Waals surface area contributed by atoms with Gasteiger partial charge in [-0.05, 0) is 32.1 Å². The van der Waals surface area contributed by atoms with Gasteiger partial charge in [-0.1, -0.05) is 13.8 Å². The summed E-state index contributed by atoms with van der Waals surface area (Å²) in [6.07, 6.45) is -1.33. The van der Waals surface area contributed by atoms with Crippen LogP contribution in [0.25, 0.3) is 0 Å². The van der Waals surface area contributed by atoms with Crippen LogP contribution in [0.2, 0.25) is 0 Å². The molecule has 4 atom stereocenters. The molecular weight excluding hydrogens is 428 g/mol. The first-order chi connectivity index (χ1) is 14.7. The highest BCUT2D eigenvalue weighted by Gasteiger charge is 2.30. The number of nitrogens with two attached hydrogens (primary N) is 1. The van der Waals surface area contributed by atoms with Gasteiger partial charge in [0.2, 0.25) is 17.7 Å². The Bertz CT molecular complexity index is 711. The second kappa shape index (κ2) is 14.0.